The van der Waals surface area contributed by atoms with Crippen LogP contribution < -0.4 is 10.3 Å². The van der Waals surface area contributed by atoms with E-state index in [1.165, 1.54) is 0 Å². The molecule has 0 saturated carbocycles. The summed E-state index contributed by atoms with van der Waals surface area (Å²) in [6.45, 7) is 3.88. The van der Waals surface area contributed by atoms with Crippen LogP contribution in [0.4, 0.5) is 11.4 Å². The van der Waals surface area contributed by atoms with Gasteiger partial charge < -0.3 is 5.11 Å². The number of aromatic nitrogens is 1. The number of benzene rings is 1. The van der Waals surface area contributed by atoms with Crippen molar-refractivity contribution in [1.29, 1.82) is 0 Å². The second-order valence-electron chi connectivity index (χ2n) is 4.89. The van der Waals surface area contributed by atoms with Gasteiger partial charge in [0.1, 0.15) is 5.69 Å². The van der Waals surface area contributed by atoms with Gasteiger partial charge in [-0.1, -0.05) is 12.1 Å². The standard InChI is InChI=1S/C15H15N3OS/c1-9-7-11(14(19)10(2)16-9)8-20-15-17-12-5-3-4-6-13(12)18-15/h3-7,19H,8H2,1-2H3,(H,17,18)/p+2. The summed E-state index contributed by atoms with van der Waals surface area (Å²) >= 11 is 1.65. The molecule has 20 heavy (non-hydrogen) atoms. The summed E-state index contributed by atoms with van der Waals surface area (Å²) in [5.41, 5.74) is 4.98. The van der Waals surface area contributed by atoms with E-state index in [-0.39, 0.29) is 0 Å². The molecular weight excluding hydrogens is 270 g/mol. The second kappa shape index (κ2) is 5.26. The lowest BCUT2D eigenvalue weighted by Crippen LogP contribution is -2.79. The van der Waals surface area contributed by atoms with Crippen LogP contribution in [0.3, 0.4) is 0 Å². The largest absolute Gasteiger partial charge is 0.502 e. The van der Waals surface area contributed by atoms with Crippen molar-refractivity contribution in [3.05, 3.63) is 47.3 Å². The molecule has 0 unspecified atom stereocenters. The summed E-state index contributed by atoms with van der Waals surface area (Å²) in [4.78, 5) is 7.70. The van der Waals surface area contributed by atoms with E-state index in [2.05, 4.69) is 21.4 Å². The van der Waals surface area contributed by atoms with Crippen molar-refractivity contribution in [1.82, 2.24) is 0 Å². The van der Waals surface area contributed by atoms with Crippen molar-refractivity contribution >= 4 is 28.3 Å². The molecule has 0 atom stereocenters. The normalized spacial score (nSPS) is 13.2. The Hall–Kier alpha value is -1.85. The van der Waals surface area contributed by atoms with Crippen LogP contribution in [-0.4, -0.2) is 10.3 Å². The third kappa shape index (κ3) is 2.55. The van der Waals surface area contributed by atoms with Gasteiger partial charge in [0.05, 0.1) is 0 Å². The van der Waals surface area contributed by atoms with Crippen molar-refractivity contribution in [2.75, 3.05) is 0 Å². The number of quaternary nitrogens is 1. The number of hydrogen-bond donors (Lipinski definition) is 2. The Balaban J connectivity index is 1.73. The number of aliphatic imine (C=N–C) groups is 1. The number of aromatic amines is 1. The summed E-state index contributed by atoms with van der Waals surface area (Å²) in [5.74, 6) is 1.06. The Bertz CT molecular complexity index is 698. The van der Waals surface area contributed by atoms with E-state index in [0.717, 1.165) is 33.5 Å². The van der Waals surface area contributed by atoms with Gasteiger partial charge in [0.25, 0.3) is 5.17 Å². The quantitative estimate of drug-likeness (QED) is 0.829. The number of H-pyrrole nitrogens is 1. The minimum absolute atomic E-state index is 0.346. The minimum atomic E-state index is 0.346. The zero-order chi connectivity index (χ0) is 14.1. The average molecular weight is 287 g/mol. The summed E-state index contributed by atoms with van der Waals surface area (Å²) in [5, 5.41) is 13.2. The fourth-order valence-corrected chi connectivity index (χ4v) is 3.19. The van der Waals surface area contributed by atoms with Crippen LogP contribution in [0.15, 0.2) is 35.3 Å². The van der Waals surface area contributed by atoms with Gasteiger partial charge in [-0.2, -0.15) is 4.99 Å². The maximum absolute atomic E-state index is 10.1. The molecule has 3 rings (SSSR count). The van der Waals surface area contributed by atoms with Crippen LogP contribution in [0.1, 0.15) is 17.0 Å². The number of aromatic hydroxyl groups is 1. The number of rotatable bonds is 2. The molecule has 0 amide bonds. The van der Waals surface area contributed by atoms with E-state index in [1.807, 2.05) is 38.1 Å². The predicted molar refractivity (Wildman–Crippen MR) is 80.6 cm³/mol. The van der Waals surface area contributed by atoms with Crippen LogP contribution in [0, 0.1) is 13.8 Å². The molecule has 102 valence electrons. The van der Waals surface area contributed by atoms with Crippen molar-refractivity contribution < 1.29 is 15.4 Å². The molecule has 0 bridgehead atoms. The Morgan fingerprint density at radius 3 is 2.90 bits per heavy atom. The van der Waals surface area contributed by atoms with Gasteiger partial charge in [0, 0.05) is 37.3 Å². The van der Waals surface area contributed by atoms with E-state index in [9.17, 15) is 5.11 Å². The minimum Gasteiger partial charge on any atom is -0.502 e. The zero-order valence-corrected chi connectivity index (χ0v) is 12.3. The van der Waals surface area contributed by atoms with E-state index >= 15 is 0 Å². The molecule has 1 aromatic heterocycles. The number of aryl methyl sites for hydroxylation is 2. The molecule has 4 nitrogen and oxygen atoms in total. The molecule has 0 saturated heterocycles. The fourth-order valence-electron chi connectivity index (χ4n) is 2.29. The number of nitrogens with two attached hydrogens (primary N) is 1. The molecule has 1 aliphatic heterocycles. The molecule has 2 aromatic rings. The number of fused-ring (bicyclic) bond motifs is 1. The highest BCUT2D eigenvalue weighted by atomic mass is 32.2. The summed E-state index contributed by atoms with van der Waals surface area (Å²) in [6.07, 6.45) is 0. The molecule has 2 heterocycles. The molecule has 5 heteroatoms. The summed E-state index contributed by atoms with van der Waals surface area (Å²) in [6, 6.07) is 10.1. The first-order valence-corrected chi connectivity index (χ1v) is 7.48. The van der Waals surface area contributed by atoms with Crippen molar-refractivity contribution in [3.8, 4) is 5.75 Å². The highest BCUT2D eigenvalue weighted by molar-refractivity contribution is 8.12. The maximum atomic E-state index is 10.1. The van der Waals surface area contributed by atoms with Gasteiger partial charge in [0.15, 0.2) is 17.1 Å². The van der Waals surface area contributed by atoms with Crippen LogP contribution in [0.2, 0.25) is 0 Å². The van der Waals surface area contributed by atoms with Crippen LogP contribution >= 0.6 is 11.8 Å². The number of nitrogens with one attached hydrogen (secondary N) is 1. The number of hydrogen-bond acceptors (Lipinski definition) is 3. The average Bonchev–Trinajstić information content (AvgIpc) is 2.84. The summed E-state index contributed by atoms with van der Waals surface area (Å²) in [7, 11) is 0. The van der Waals surface area contributed by atoms with Crippen LogP contribution in [0.25, 0.3) is 0 Å². The lowest BCUT2D eigenvalue weighted by Gasteiger charge is -2.03. The molecule has 4 N–H and O–H groups in total. The Morgan fingerprint density at radius 2 is 2.10 bits per heavy atom. The highest BCUT2D eigenvalue weighted by Crippen LogP contribution is 2.28. The van der Waals surface area contributed by atoms with Crippen molar-refractivity contribution in [2.24, 2.45) is 4.99 Å². The first-order valence-electron chi connectivity index (χ1n) is 6.50. The highest BCUT2D eigenvalue weighted by Gasteiger charge is 2.20. The molecule has 1 aliphatic rings. The predicted octanol–water partition coefficient (Wildman–Crippen LogP) is 1.95. The van der Waals surface area contributed by atoms with Gasteiger partial charge in [-0.25, -0.2) is 4.98 Å². The molecule has 0 aliphatic carbocycles. The Kier molecular flexibility index (Phi) is 3.46. The third-order valence-electron chi connectivity index (χ3n) is 3.26. The van der Waals surface area contributed by atoms with E-state index in [0.29, 0.717) is 11.5 Å². The molecular formula is C15H17N3OS+2. The number of pyridine rings is 1. The molecule has 0 radical (unpaired) electrons. The van der Waals surface area contributed by atoms with Gasteiger partial charge in [0.2, 0.25) is 5.69 Å². The SMILES string of the molecule is Cc1cc(CSC2=Nc3ccccc3[NH2+]2)c(O)c(C)[nH+]1. The Morgan fingerprint density at radius 1 is 1.30 bits per heavy atom. The lowest BCUT2D eigenvalue weighted by atomic mass is 10.2. The lowest BCUT2D eigenvalue weighted by molar-refractivity contribution is -0.432. The van der Waals surface area contributed by atoms with Crippen molar-refractivity contribution in [3.63, 3.8) is 0 Å². The van der Waals surface area contributed by atoms with Gasteiger partial charge >= 0.3 is 0 Å². The van der Waals surface area contributed by atoms with Crippen LogP contribution in [-0.2, 0) is 5.75 Å². The molecule has 0 fully saturated rings. The fraction of sp³-hybridized carbons (Fsp3) is 0.200. The maximum Gasteiger partial charge on any atom is 0.266 e. The van der Waals surface area contributed by atoms with E-state index in [4.69, 9.17) is 0 Å². The molecule has 0 spiro atoms. The smallest absolute Gasteiger partial charge is 0.266 e. The van der Waals surface area contributed by atoms with Gasteiger partial charge in [-0.3, -0.25) is 5.32 Å². The topological polar surface area (TPSA) is 63.3 Å². The van der Waals surface area contributed by atoms with Crippen LogP contribution in [0.5, 0.6) is 5.75 Å². The van der Waals surface area contributed by atoms with E-state index in [1.54, 1.807) is 11.8 Å². The van der Waals surface area contributed by atoms with E-state index < -0.39 is 0 Å². The second-order valence-corrected chi connectivity index (χ2v) is 5.89. The van der Waals surface area contributed by atoms with Gasteiger partial charge in [-0.05, 0) is 17.8 Å². The number of thioether (sulfide) groups is 1. The number of amidine groups is 1. The van der Waals surface area contributed by atoms with Gasteiger partial charge in [-0.15, -0.1) is 0 Å². The monoisotopic (exact) mass is 287 g/mol. The first kappa shape index (κ1) is 13.1. The number of nitrogens with zero attached hydrogens (tertiary/aromatic N) is 1. The molecule has 1 aromatic carbocycles. The summed E-state index contributed by atoms with van der Waals surface area (Å²) < 4.78 is 0. The van der Waals surface area contributed by atoms with Crippen molar-refractivity contribution in [2.45, 2.75) is 19.6 Å². The first-order chi connectivity index (χ1) is 9.63. The Labute approximate surface area is 122 Å². The third-order valence-corrected chi connectivity index (χ3v) is 4.22. The number of para-hydroxylation sites is 2. The zero-order valence-electron chi connectivity index (χ0n) is 11.5.